The van der Waals surface area contributed by atoms with Crippen LogP contribution in [0.15, 0.2) is 4.99 Å². The molecule has 0 spiro atoms. The number of aldehydes is 1. The first-order valence-corrected chi connectivity index (χ1v) is 3.33. The predicted molar refractivity (Wildman–Crippen MR) is 36.8 cm³/mol. The second-order valence-corrected chi connectivity index (χ2v) is 2.40. The molecule has 0 aromatic carbocycles. The highest BCUT2D eigenvalue weighted by atomic mass is 16.1. The topological polar surface area (TPSA) is 29.4 Å². The van der Waals surface area contributed by atoms with E-state index < -0.39 is 0 Å². The third-order valence-corrected chi connectivity index (χ3v) is 1.64. The van der Waals surface area contributed by atoms with E-state index in [1.54, 1.807) is 0 Å². The molecule has 0 saturated carbocycles. The summed E-state index contributed by atoms with van der Waals surface area (Å²) in [4.78, 5) is 14.4. The van der Waals surface area contributed by atoms with Gasteiger partial charge in [-0.2, -0.15) is 0 Å². The van der Waals surface area contributed by atoms with Crippen LogP contribution in [0.1, 0.15) is 19.8 Å². The maximum Gasteiger partial charge on any atom is 0.128 e. The summed E-state index contributed by atoms with van der Waals surface area (Å²) in [6.45, 7) is 2.82. The minimum Gasteiger partial charge on any atom is -0.303 e. The van der Waals surface area contributed by atoms with Crippen molar-refractivity contribution in [1.82, 2.24) is 0 Å². The van der Waals surface area contributed by atoms with E-state index in [-0.39, 0.29) is 5.92 Å². The van der Waals surface area contributed by atoms with E-state index >= 15 is 0 Å². The van der Waals surface area contributed by atoms with E-state index in [0.29, 0.717) is 0 Å². The van der Waals surface area contributed by atoms with Crippen molar-refractivity contribution in [3.05, 3.63) is 0 Å². The van der Waals surface area contributed by atoms with E-state index in [1.807, 2.05) is 6.92 Å². The van der Waals surface area contributed by atoms with Gasteiger partial charge in [-0.05, 0) is 12.8 Å². The molecule has 1 aliphatic rings. The van der Waals surface area contributed by atoms with Gasteiger partial charge >= 0.3 is 0 Å². The molecule has 0 radical (unpaired) electrons. The van der Waals surface area contributed by atoms with Crippen LogP contribution in [0.5, 0.6) is 0 Å². The molecule has 1 rings (SSSR count). The minimum absolute atomic E-state index is 0.0625. The lowest BCUT2D eigenvalue weighted by atomic mass is 10.1. The summed E-state index contributed by atoms with van der Waals surface area (Å²) in [7, 11) is 0. The molecule has 0 saturated heterocycles. The minimum atomic E-state index is 0.0625. The Hall–Kier alpha value is -0.660. The summed E-state index contributed by atoms with van der Waals surface area (Å²) in [5.41, 5.74) is 1.09. The zero-order chi connectivity index (χ0) is 6.69. The van der Waals surface area contributed by atoms with Gasteiger partial charge in [-0.3, -0.25) is 4.99 Å². The van der Waals surface area contributed by atoms with E-state index in [4.69, 9.17) is 0 Å². The van der Waals surface area contributed by atoms with Crippen molar-refractivity contribution >= 4 is 12.0 Å². The molecule has 2 nitrogen and oxygen atoms in total. The van der Waals surface area contributed by atoms with E-state index in [1.165, 1.54) is 0 Å². The standard InChI is InChI=1S/C7H11NO/c1-6(5-9)7-3-2-4-8-7/h5-6H,2-4H2,1H3. The van der Waals surface area contributed by atoms with E-state index in [0.717, 1.165) is 31.4 Å². The fourth-order valence-electron chi connectivity index (χ4n) is 1.01. The smallest absolute Gasteiger partial charge is 0.128 e. The molecule has 0 bridgehead atoms. The van der Waals surface area contributed by atoms with Crippen molar-refractivity contribution in [3.8, 4) is 0 Å². The summed E-state index contributed by atoms with van der Waals surface area (Å²) in [6, 6.07) is 0. The largest absolute Gasteiger partial charge is 0.303 e. The molecule has 0 aromatic heterocycles. The SMILES string of the molecule is CC(C=O)C1=NCCC1. The first-order valence-electron chi connectivity index (χ1n) is 3.33. The number of rotatable bonds is 2. The van der Waals surface area contributed by atoms with Crippen LogP contribution in [-0.4, -0.2) is 18.5 Å². The number of hydrogen-bond donors (Lipinski definition) is 0. The van der Waals surface area contributed by atoms with Crippen molar-refractivity contribution in [2.75, 3.05) is 6.54 Å². The number of aliphatic imine (C=N–C) groups is 1. The first-order chi connectivity index (χ1) is 4.34. The molecule has 0 N–H and O–H groups in total. The van der Waals surface area contributed by atoms with Crippen LogP contribution in [-0.2, 0) is 4.79 Å². The van der Waals surface area contributed by atoms with Crippen LogP contribution in [0.4, 0.5) is 0 Å². The fraction of sp³-hybridized carbons (Fsp3) is 0.714. The van der Waals surface area contributed by atoms with Crippen LogP contribution in [0.3, 0.4) is 0 Å². The summed E-state index contributed by atoms with van der Waals surface area (Å²) < 4.78 is 0. The molecule has 1 aliphatic heterocycles. The molecule has 2 heteroatoms. The van der Waals surface area contributed by atoms with Gasteiger partial charge in [0.05, 0.1) is 0 Å². The van der Waals surface area contributed by atoms with Crippen LogP contribution < -0.4 is 0 Å². The van der Waals surface area contributed by atoms with Crippen molar-refractivity contribution in [2.45, 2.75) is 19.8 Å². The third kappa shape index (κ3) is 1.37. The zero-order valence-electron chi connectivity index (χ0n) is 5.63. The highest BCUT2D eigenvalue weighted by Gasteiger charge is 2.12. The first kappa shape index (κ1) is 6.46. The highest BCUT2D eigenvalue weighted by molar-refractivity contribution is 5.97. The van der Waals surface area contributed by atoms with Crippen molar-refractivity contribution in [1.29, 1.82) is 0 Å². The molecular formula is C7H11NO. The van der Waals surface area contributed by atoms with Gasteiger partial charge in [-0.1, -0.05) is 6.92 Å². The Morgan fingerprint density at radius 1 is 1.78 bits per heavy atom. The van der Waals surface area contributed by atoms with Gasteiger partial charge in [-0.25, -0.2) is 0 Å². The Labute approximate surface area is 55.0 Å². The maximum atomic E-state index is 10.2. The molecule has 0 amide bonds. The summed E-state index contributed by atoms with van der Waals surface area (Å²) in [5, 5.41) is 0. The highest BCUT2D eigenvalue weighted by Crippen LogP contribution is 2.09. The lowest BCUT2D eigenvalue weighted by molar-refractivity contribution is -0.109. The lowest BCUT2D eigenvalue weighted by Crippen LogP contribution is -2.08. The molecule has 1 unspecified atom stereocenters. The number of hydrogen-bond acceptors (Lipinski definition) is 2. The fourth-order valence-corrected chi connectivity index (χ4v) is 1.01. The van der Waals surface area contributed by atoms with Gasteiger partial charge < -0.3 is 4.79 Å². The Balaban J connectivity index is 2.50. The Morgan fingerprint density at radius 2 is 2.56 bits per heavy atom. The average Bonchev–Trinajstić information content (AvgIpc) is 2.37. The summed E-state index contributed by atoms with van der Waals surface area (Å²) in [6.07, 6.45) is 3.12. The number of carbonyl (C=O) groups is 1. The lowest BCUT2D eigenvalue weighted by Gasteiger charge is -1.99. The van der Waals surface area contributed by atoms with Crippen LogP contribution in [0.25, 0.3) is 0 Å². The quantitative estimate of drug-likeness (QED) is 0.507. The van der Waals surface area contributed by atoms with Crippen molar-refractivity contribution in [2.24, 2.45) is 10.9 Å². The molecule has 0 aromatic rings. The molecule has 9 heavy (non-hydrogen) atoms. The van der Waals surface area contributed by atoms with Crippen LogP contribution >= 0.6 is 0 Å². The second kappa shape index (κ2) is 2.76. The zero-order valence-corrected chi connectivity index (χ0v) is 5.63. The van der Waals surface area contributed by atoms with Crippen molar-refractivity contribution < 1.29 is 4.79 Å². The maximum absolute atomic E-state index is 10.2. The molecule has 50 valence electrons. The van der Waals surface area contributed by atoms with Crippen LogP contribution in [0, 0.1) is 5.92 Å². The second-order valence-electron chi connectivity index (χ2n) is 2.40. The van der Waals surface area contributed by atoms with Gasteiger partial charge in [0.15, 0.2) is 0 Å². The van der Waals surface area contributed by atoms with Gasteiger partial charge in [0.2, 0.25) is 0 Å². The Bertz CT molecular complexity index is 140. The van der Waals surface area contributed by atoms with Gasteiger partial charge in [0, 0.05) is 18.2 Å². The van der Waals surface area contributed by atoms with E-state index in [9.17, 15) is 4.79 Å². The average molecular weight is 125 g/mol. The van der Waals surface area contributed by atoms with Gasteiger partial charge in [0.1, 0.15) is 6.29 Å². The van der Waals surface area contributed by atoms with Crippen molar-refractivity contribution in [3.63, 3.8) is 0 Å². The molecule has 0 aliphatic carbocycles. The van der Waals surface area contributed by atoms with E-state index in [2.05, 4.69) is 4.99 Å². The summed E-state index contributed by atoms with van der Waals surface area (Å²) in [5.74, 6) is 0.0625. The molecule has 0 fully saturated rings. The molecule has 1 atom stereocenters. The van der Waals surface area contributed by atoms with Gasteiger partial charge in [-0.15, -0.1) is 0 Å². The predicted octanol–water partition coefficient (Wildman–Crippen LogP) is 1.06. The van der Waals surface area contributed by atoms with Crippen LogP contribution in [0.2, 0.25) is 0 Å². The monoisotopic (exact) mass is 125 g/mol. The molecular weight excluding hydrogens is 114 g/mol. The summed E-state index contributed by atoms with van der Waals surface area (Å²) >= 11 is 0. The Kier molecular flexibility index (Phi) is 1.98. The van der Waals surface area contributed by atoms with Gasteiger partial charge in [0.25, 0.3) is 0 Å². The normalized spacial score (nSPS) is 21.2. The third-order valence-electron chi connectivity index (χ3n) is 1.64. The molecule has 1 heterocycles. The Morgan fingerprint density at radius 3 is 3.00 bits per heavy atom. The number of carbonyl (C=O) groups excluding carboxylic acids is 1. The number of nitrogens with zero attached hydrogens (tertiary/aromatic N) is 1.